The molecule has 2 aromatic heterocycles. The van der Waals surface area contributed by atoms with E-state index < -0.39 is 11.8 Å². The Labute approximate surface area is 209 Å². The monoisotopic (exact) mass is 506 g/mol. The van der Waals surface area contributed by atoms with E-state index in [1.165, 1.54) is 18.4 Å². The number of benzene rings is 2. The fourth-order valence-corrected chi connectivity index (χ4v) is 5.06. The summed E-state index contributed by atoms with van der Waals surface area (Å²) in [5.74, 6) is -0.520. The fraction of sp³-hybridized carbons (Fsp3) is 0.250. The van der Waals surface area contributed by atoms with E-state index in [0.717, 1.165) is 17.8 Å². The average Bonchev–Trinajstić information content (AvgIpc) is 3.61. The maximum atomic E-state index is 12.9. The van der Waals surface area contributed by atoms with Gasteiger partial charge in [-0.05, 0) is 53.5 Å². The first-order chi connectivity index (χ1) is 17.5. The van der Waals surface area contributed by atoms with Gasteiger partial charge in [0, 0.05) is 30.0 Å². The van der Waals surface area contributed by atoms with Crippen molar-refractivity contribution in [2.24, 2.45) is 0 Å². The van der Waals surface area contributed by atoms with Crippen LogP contribution in [0, 0.1) is 0 Å². The van der Waals surface area contributed by atoms with Gasteiger partial charge in [0.15, 0.2) is 0 Å². The van der Waals surface area contributed by atoms with E-state index in [2.05, 4.69) is 26.1 Å². The van der Waals surface area contributed by atoms with Crippen LogP contribution in [0.25, 0.3) is 11.0 Å². The number of hydrogen-bond donors (Lipinski definition) is 2. The first-order valence-electron chi connectivity index (χ1n) is 11.2. The third kappa shape index (κ3) is 4.75. The van der Waals surface area contributed by atoms with Crippen LogP contribution in [0.2, 0.25) is 0 Å². The maximum Gasteiger partial charge on any atom is 0.289 e. The molecule has 0 bridgehead atoms. The minimum absolute atomic E-state index is 0.0663. The quantitative estimate of drug-likeness (QED) is 0.394. The molecule has 0 aliphatic carbocycles. The van der Waals surface area contributed by atoms with Crippen molar-refractivity contribution in [2.45, 2.75) is 18.8 Å². The maximum absolute atomic E-state index is 12.9. The number of piperidine rings is 1. The van der Waals surface area contributed by atoms with Gasteiger partial charge in [-0.15, -0.1) is 11.3 Å². The number of hydrogen-bond acceptors (Lipinski definition) is 9. The number of carbonyl (C=O) groups excluding carboxylic acids is 3. The standard InChI is InChI=1S/C24H22N6O5S/c1-34-20-5-3-2-4-16(20)21(31)26-27-22(32)19-13-36-23(25-19)14-8-10-30(11-9-14)24(33)15-6-7-17-18(12-15)29-35-28-17/h2-7,12-14H,8-11H2,1H3,(H,26,31)(H,27,32). The van der Waals surface area contributed by atoms with Crippen molar-refractivity contribution in [3.8, 4) is 5.75 Å². The van der Waals surface area contributed by atoms with Crippen molar-refractivity contribution < 1.29 is 23.7 Å². The van der Waals surface area contributed by atoms with E-state index in [1.54, 1.807) is 52.7 Å². The van der Waals surface area contributed by atoms with E-state index in [9.17, 15) is 14.4 Å². The molecule has 4 aromatic rings. The molecular formula is C24H22N6O5S. The number of ether oxygens (including phenoxy) is 1. The van der Waals surface area contributed by atoms with Crippen molar-refractivity contribution in [2.75, 3.05) is 20.2 Å². The van der Waals surface area contributed by atoms with Gasteiger partial charge in [0.05, 0.1) is 17.7 Å². The fourth-order valence-electron chi connectivity index (χ4n) is 4.08. The minimum atomic E-state index is -0.508. The Morgan fingerprint density at radius 3 is 2.58 bits per heavy atom. The molecule has 5 rings (SSSR count). The second-order valence-corrected chi connectivity index (χ2v) is 9.10. The number of aromatic nitrogens is 3. The number of thiazole rings is 1. The highest BCUT2D eigenvalue weighted by molar-refractivity contribution is 7.09. The summed E-state index contributed by atoms with van der Waals surface area (Å²) >= 11 is 1.40. The van der Waals surface area contributed by atoms with E-state index in [1.807, 2.05) is 0 Å². The van der Waals surface area contributed by atoms with Gasteiger partial charge in [0.25, 0.3) is 17.7 Å². The largest absolute Gasteiger partial charge is 0.496 e. The molecule has 1 fully saturated rings. The van der Waals surface area contributed by atoms with Crippen LogP contribution >= 0.6 is 11.3 Å². The van der Waals surface area contributed by atoms with Crippen LogP contribution in [0.15, 0.2) is 52.5 Å². The Hall–Kier alpha value is -4.32. The third-order valence-electron chi connectivity index (χ3n) is 6.03. The zero-order valence-electron chi connectivity index (χ0n) is 19.3. The summed E-state index contributed by atoms with van der Waals surface area (Å²) in [5, 5.41) is 10.1. The number of para-hydroxylation sites is 1. The lowest BCUT2D eigenvalue weighted by molar-refractivity contribution is 0.0713. The Morgan fingerprint density at radius 1 is 1.03 bits per heavy atom. The Bertz CT molecular complexity index is 1430. The topological polar surface area (TPSA) is 140 Å². The normalized spacial score (nSPS) is 14.0. The first-order valence-corrected chi connectivity index (χ1v) is 12.1. The summed E-state index contributed by atoms with van der Waals surface area (Å²) in [5.41, 5.74) is 7.01. The Morgan fingerprint density at radius 2 is 1.78 bits per heavy atom. The van der Waals surface area contributed by atoms with Crippen molar-refractivity contribution in [3.05, 3.63) is 69.7 Å². The Balaban J connectivity index is 1.15. The molecular weight excluding hydrogens is 484 g/mol. The second kappa shape index (κ2) is 10.1. The molecule has 1 aliphatic rings. The van der Waals surface area contributed by atoms with Crippen LogP contribution < -0.4 is 15.6 Å². The summed E-state index contributed by atoms with van der Waals surface area (Å²) in [7, 11) is 1.47. The molecule has 11 nitrogen and oxygen atoms in total. The van der Waals surface area contributed by atoms with Gasteiger partial charge in [0.1, 0.15) is 22.5 Å². The van der Waals surface area contributed by atoms with Crippen molar-refractivity contribution >= 4 is 40.1 Å². The van der Waals surface area contributed by atoms with E-state index in [0.29, 0.717) is 41.0 Å². The van der Waals surface area contributed by atoms with Gasteiger partial charge in [-0.2, -0.15) is 0 Å². The van der Waals surface area contributed by atoms with Crippen LogP contribution in [-0.2, 0) is 0 Å². The number of nitrogens with one attached hydrogen (secondary N) is 2. The summed E-state index contributed by atoms with van der Waals surface area (Å²) in [6.45, 7) is 1.16. The number of methoxy groups -OCH3 is 1. The van der Waals surface area contributed by atoms with Crippen molar-refractivity contribution in [3.63, 3.8) is 0 Å². The van der Waals surface area contributed by atoms with Crippen LogP contribution in [0.4, 0.5) is 0 Å². The average molecular weight is 507 g/mol. The zero-order valence-corrected chi connectivity index (χ0v) is 20.1. The van der Waals surface area contributed by atoms with Gasteiger partial charge in [0.2, 0.25) is 0 Å². The number of nitrogens with zero attached hydrogens (tertiary/aromatic N) is 4. The van der Waals surface area contributed by atoms with Gasteiger partial charge in [-0.25, -0.2) is 9.61 Å². The molecule has 0 unspecified atom stereocenters. The molecule has 2 N–H and O–H groups in total. The molecule has 2 aromatic carbocycles. The van der Waals surface area contributed by atoms with Crippen LogP contribution in [0.3, 0.4) is 0 Å². The molecule has 12 heteroatoms. The number of hydrazine groups is 1. The van der Waals surface area contributed by atoms with Crippen molar-refractivity contribution in [1.29, 1.82) is 0 Å². The smallest absolute Gasteiger partial charge is 0.289 e. The molecule has 1 saturated heterocycles. The molecule has 3 heterocycles. The van der Waals surface area contributed by atoms with Gasteiger partial charge in [-0.3, -0.25) is 25.2 Å². The summed E-state index contributed by atoms with van der Waals surface area (Å²) in [6, 6.07) is 11.8. The number of rotatable bonds is 5. The summed E-state index contributed by atoms with van der Waals surface area (Å²) < 4.78 is 9.87. The third-order valence-corrected chi connectivity index (χ3v) is 7.04. The first kappa shape index (κ1) is 23.4. The molecule has 0 radical (unpaired) electrons. The molecule has 0 saturated carbocycles. The van der Waals surface area contributed by atoms with Crippen LogP contribution in [0.1, 0.15) is 55.0 Å². The highest BCUT2D eigenvalue weighted by atomic mass is 32.1. The highest BCUT2D eigenvalue weighted by Crippen LogP contribution is 2.31. The van der Waals surface area contributed by atoms with E-state index >= 15 is 0 Å². The predicted octanol–water partition coefficient (Wildman–Crippen LogP) is 2.78. The number of likely N-dealkylation sites (tertiary alicyclic amines) is 1. The van der Waals surface area contributed by atoms with Gasteiger partial charge < -0.3 is 9.64 Å². The molecule has 1 aliphatic heterocycles. The molecule has 0 atom stereocenters. The lowest BCUT2D eigenvalue weighted by Crippen LogP contribution is -2.42. The highest BCUT2D eigenvalue weighted by Gasteiger charge is 2.27. The van der Waals surface area contributed by atoms with Crippen molar-refractivity contribution in [1.82, 2.24) is 31.0 Å². The number of amides is 3. The lowest BCUT2D eigenvalue weighted by atomic mass is 9.97. The SMILES string of the molecule is COc1ccccc1C(=O)NNC(=O)c1csc(C2CCN(C(=O)c3ccc4nonc4c3)CC2)n1. The second-order valence-electron chi connectivity index (χ2n) is 8.21. The predicted molar refractivity (Wildman–Crippen MR) is 130 cm³/mol. The molecule has 3 amide bonds. The number of fused-ring (bicyclic) bond motifs is 1. The summed E-state index contributed by atoms with van der Waals surface area (Å²) in [6.07, 6.45) is 1.47. The lowest BCUT2D eigenvalue weighted by Gasteiger charge is -2.31. The summed E-state index contributed by atoms with van der Waals surface area (Å²) in [4.78, 5) is 44.1. The van der Waals surface area contributed by atoms with Crippen LogP contribution in [0.5, 0.6) is 5.75 Å². The van der Waals surface area contributed by atoms with E-state index in [-0.39, 0.29) is 17.5 Å². The van der Waals surface area contributed by atoms with Gasteiger partial charge >= 0.3 is 0 Å². The van der Waals surface area contributed by atoms with E-state index in [4.69, 9.17) is 9.37 Å². The minimum Gasteiger partial charge on any atom is -0.496 e. The zero-order chi connectivity index (χ0) is 25.1. The number of carbonyl (C=O) groups is 3. The molecule has 36 heavy (non-hydrogen) atoms. The molecule has 0 spiro atoms. The van der Waals surface area contributed by atoms with Crippen LogP contribution in [-0.4, -0.2) is 58.1 Å². The Kier molecular flexibility index (Phi) is 6.58. The van der Waals surface area contributed by atoms with Gasteiger partial charge in [-0.1, -0.05) is 12.1 Å². The molecule has 184 valence electrons.